The van der Waals surface area contributed by atoms with Crippen molar-refractivity contribution in [2.45, 2.75) is 42.6 Å². The number of pyridine rings is 1. The van der Waals surface area contributed by atoms with Crippen molar-refractivity contribution in [2.24, 2.45) is 0 Å². The van der Waals surface area contributed by atoms with Gasteiger partial charge in [0.05, 0.1) is 10.7 Å². The highest BCUT2D eigenvalue weighted by Gasteiger charge is 2.25. The van der Waals surface area contributed by atoms with Gasteiger partial charge in [0.15, 0.2) is 11.0 Å². The molecule has 0 N–H and O–H groups in total. The summed E-state index contributed by atoms with van der Waals surface area (Å²) in [7, 11) is 0. The van der Waals surface area contributed by atoms with Crippen LogP contribution in [0.25, 0.3) is 17.0 Å². The number of hydrogen-bond donors (Lipinski definition) is 0. The Bertz CT molecular complexity index is 1080. The van der Waals surface area contributed by atoms with Gasteiger partial charge in [-0.05, 0) is 37.1 Å². The third kappa shape index (κ3) is 3.31. The molecule has 1 fully saturated rings. The fourth-order valence-corrected chi connectivity index (χ4v) is 5.00. The van der Waals surface area contributed by atoms with E-state index in [1.54, 1.807) is 11.8 Å². The van der Waals surface area contributed by atoms with Crippen LogP contribution in [0.1, 0.15) is 37.4 Å². The smallest absolute Gasteiger partial charge is 0.192 e. The molecule has 0 bridgehead atoms. The molecule has 0 unspecified atom stereocenters. The first-order chi connectivity index (χ1) is 13.8. The van der Waals surface area contributed by atoms with Crippen LogP contribution in [0.3, 0.4) is 0 Å². The first-order valence-corrected chi connectivity index (χ1v) is 10.9. The van der Waals surface area contributed by atoms with E-state index in [4.69, 9.17) is 16.6 Å². The Kier molecular flexibility index (Phi) is 4.82. The second-order valence-electron chi connectivity index (χ2n) is 7.08. The number of rotatable bonds is 5. The summed E-state index contributed by atoms with van der Waals surface area (Å²) in [4.78, 5) is 4.70. The number of benzene rings is 1. The number of nitrogens with zero attached hydrogens (tertiary/aromatic N) is 5. The normalized spacial score (nSPS) is 14.9. The van der Waals surface area contributed by atoms with Gasteiger partial charge >= 0.3 is 0 Å². The Balaban J connectivity index is 1.47. The molecule has 1 aromatic carbocycles. The fourth-order valence-electron chi connectivity index (χ4n) is 3.89. The van der Waals surface area contributed by atoms with Crippen LogP contribution in [-0.4, -0.2) is 24.1 Å². The lowest BCUT2D eigenvalue weighted by molar-refractivity contribution is 0.485. The minimum Gasteiger partial charge on any atom is -0.307 e. The van der Waals surface area contributed by atoms with Crippen molar-refractivity contribution in [3.05, 3.63) is 65.6 Å². The van der Waals surface area contributed by atoms with Crippen LogP contribution in [0, 0.1) is 0 Å². The highest BCUT2D eigenvalue weighted by Crippen LogP contribution is 2.38. The van der Waals surface area contributed by atoms with Crippen molar-refractivity contribution >= 4 is 29.0 Å². The Morgan fingerprint density at radius 3 is 2.68 bits per heavy atom. The van der Waals surface area contributed by atoms with E-state index in [9.17, 15) is 0 Å². The van der Waals surface area contributed by atoms with Crippen LogP contribution in [0.2, 0.25) is 5.02 Å². The summed E-state index contributed by atoms with van der Waals surface area (Å²) in [6.45, 7) is 0. The molecule has 1 saturated carbocycles. The topological polar surface area (TPSA) is 48.0 Å². The number of aromatic nitrogens is 5. The standard InChI is InChI=1S/C21H20ClN5S/c22-18-10-4-3-9-17(18)20-24-25-21(27(20)16-7-1-2-8-16)28-14-15-13-26-12-6-5-11-19(26)23-15/h3-6,9-13,16H,1-2,7-8,14H2. The molecule has 28 heavy (non-hydrogen) atoms. The van der Waals surface area contributed by atoms with Gasteiger partial charge in [0.1, 0.15) is 5.65 Å². The van der Waals surface area contributed by atoms with Gasteiger partial charge in [-0.1, -0.05) is 54.4 Å². The highest BCUT2D eigenvalue weighted by atomic mass is 35.5. The molecule has 0 spiro atoms. The van der Waals surface area contributed by atoms with Crippen LogP contribution in [-0.2, 0) is 5.75 Å². The molecule has 0 radical (unpaired) electrons. The molecule has 7 heteroatoms. The quantitative estimate of drug-likeness (QED) is 0.399. The summed E-state index contributed by atoms with van der Waals surface area (Å²) < 4.78 is 4.35. The molecule has 0 atom stereocenters. The van der Waals surface area contributed by atoms with Crippen molar-refractivity contribution < 1.29 is 0 Å². The number of imidazole rings is 1. The van der Waals surface area contributed by atoms with Crippen LogP contribution in [0.5, 0.6) is 0 Å². The van der Waals surface area contributed by atoms with E-state index in [2.05, 4.69) is 21.0 Å². The molecular formula is C21H20ClN5S. The summed E-state index contributed by atoms with van der Waals surface area (Å²) >= 11 is 8.16. The molecule has 0 saturated heterocycles. The average Bonchev–Trinajstić information content (AvgIpc) is 3.45. The van der Waals surface area contributed by atoms with E-state index in [0.717, 1.165) is 46.5 Å². The van der Waals surface area contributed by atoms with E-state index in [1.165, 1.54) is 12.8 Å². The summed E-state index contributed by atoms with van der Waals surface area (Å²) in [6.07, 6.45) is 8.93. The molecule has 4 aromatic rings. The Labute approximate surface area is 172 Å². The van der Waals surface area contributed by atoms with E-state index in [1.807, 2.05) is 53.1 Å². The Morgan fingerprint density at radius 1 is 1.04 bits per heavy atom. The predicted molar refractivity (Wildman–Crippen MR) is 113 cm³/mol. The Hall–Kier alpha value is -2.31. The lowest BCUT2D eigenvalue weighted by atomic mass is 10.2. The maximum Gasteiger partial charge on any atom is 0.192 e. The van der Waals surface area contributed by atoms with E-state index in [-0.39, 0.29) is 0 Å². The van der Waals surface area contributed by atoms with Gasteiger partial charge in [0, 0.05) is 29.8 Å². The molecular weight excluding hydrogens is 390 g/mol. The van der Waals surface area contributed by atoms with Crippen LogP contribution < -0.4 is 0 Å². The van der Waals surface area contributed by atoms with Crippen LogP contribution in [0.15, 0.2) is 60.0 Å². The second-order valence-corrected chi connectivity index (χ2v) is 8.43. The first-order valence-electron chi connectivity index (χ1n) is 9.55. The summed E-state index contributed by atoms with van der Waals surface area (Å²) in [5.41, 5.74) is 2.95. The van der Waals surface area contributed by atoms with Crippen molar-refractivity contribution in [1.29, 1.82) is 0 Å². The number of hydrogen-bond acceptors (Lipinski definition) is 4. The minimum atomic E-state index is 0.435. The van der Waals surface area contributed by atoms with Gasteiger partial charge < -0.3 is 4.40 Å². The maximum absolute atomic E-state index is 6.46. The zero-order chi connectivity index (χ0) is 18.9. The second kappa shape index (κ2) is 7.60. The third-order valence-electron chi connectivity index (χ3n) is 5.23. The summed E-state index contributed by atoms with van der Waals surface area (Å²) in [5.74, 6) is 1.63. The first kappa shape index (κ1) is 17.8. The number of fused-ring (bicyclic) bond motifs is 1. The molecule has 0 amide bonds. The average molecular weight is 410 g/mol. The lowest BCUT2D eigenvalue weighted by Gasteiger charge is -2.17. The highest BCUT2D eigenvalue weighted by molar-refractivity contribution is 7.98. The monoisotopic (exact) mass is 409 g/mol. The van der Waals surface area contributed by atoms with Crippen LogP contribution >= 0.6 is 23.4 Å². The van der Waals surface area contributed by atoms with E-state index in [0.29, 0.717) is 11.1 Å². The summed E-state index contributed by atoms with van der Waals surface area (Å²) in [6, 6.07) is 14.3. The molecule has 3 aromatic heterocycles. The molecule has 0 aliphatic heterocycles. The van der Waals surface area contributed by atoms with Gasteiger partial charge in [-0.3, -0.25) is 4.57 Å². The van der Waals surface area contributed by atoms with Crippen molar-refractivity contribution in [3.63, 3.8) is 0 Å². The van der Waals surface area contributed by atoms with Crippen LogP contribution in [0.4, 0.5) is 0 Å². The number of thioether (sulfide) groups is 1. The SMILES string of the molecule is Clc1ccccc1-c1nnc(SCc2cn3ccccc3n2)n1C1CCCC1. The van der Waals surface area contributed by atoms with Crippen molar-refractivity contribution in [1.82, 2.24) is 24.1 Å². The summed E-state index contributed by atoms with van der Waals surface area (Å²) in [5, 5.41) is 10.7. The molecule has 142 valence electrons. The van der Waals surface area contributed by atoms with Crippen molar-refractivity contribution in [2.75, 3.05) is 0 Å². The molecule has 3 heterocycles. The fraction of sp³-hybridized carbons (Fsp3) is 0.286. The zero-order valence-corrected chi connectivity index (χ0v) is 16.9. The predicted octanol–water partition coefficient (Wildman–Crippen LogP) is 5.65. The lowest BCUT2D eigenvalue weighted by Crippen LogP contribution is -2.08. The van der Waals surface area contributed by atoms with E-state index >= 15 is 0 Å². The third-order valence-corrected chi connectivity index (χ3v) is 6.54. The van der Waals surface area contributed by atoms with Gasteiger partial charge in [0.2, 0.25) is 0 Å². The molecule has 5 nitrogen and oxygen atoms in total. The molecule has 1 aliphatic carbocycles. The van der Waals surface area contributed by atoms with E-state index < -0.39 is 0 Å². The molecule has 5 rings (SSSR count). The zero-order valence-electron chi connectivity index (χ0n) is 15.3. The Morgan fingerprint density at radius 2 is 1.86 bits per heavy atom. The van der Waals surface area contributed by atoms with Crippen molar-refractivity contribution in [3.8, 4) is 11.4 Å². The minimum absolute atomic E-state index is 0.435. The van der Waals surface area contributed by atoms with Gasteiger partial charge in [-0.2, -0.15) is 0 Å². The number of halogens is 1. The van der Waals surface area contributed by atoms with Gasteiger partial charge in [-0.15, -0.1) is 10.2 Å². The maximum atomic E-state index is 6.46. The van der Waals surface area contributed by atoms with Gasteiger partial charge in [-0.25, -0.2) is 4.98 Å². The largest absolute Gasteiger partial charge is 0.307 e. The van der Waals surface area contributed by atoms with Gasteiger partial charge in [0.25, 0.3) is 0 Å². The molecule has 1 aliphatic rings.